The predicted molar refractivity (Wildman–Crippen MR) is 101 cm³/mol. The molecule has 1 amide bonds. The second-order valence-electron chi connectivity index (χ2n) is 7.61. The van der Waals surface area contributed by atoms with Crippen LogP contribution in [0.4, 0.5) is 16.2 Å². The minimum Gasteiger partial charge on any atom is -0.444 e. The molecule has 1 fully saturated rings. The van der Waals surface area contributed by atoms with Crippen LogP contribution in [0.5, 0.6) is 0 Å². The lowest BCUT2D eigenvalue weighted by Crippen LogP contribution is -2.27. The van der Waals surface area contributed by atoms with Gasteiger partial charge in [-0.2, -0.15) is 0 Å². The van der Waals surface area contributed by atoms with Gasteiger partial charge < -0.3 is 15.6 Å². The molecule has 0 saturated heterocycles. The highest BCUT2D eigenvalue weighted by molar-refractivity contribution is 5.91. The molecule has 1 aromatic rings. The zero-order valence-electron chi connectivity index (χ0n) is 15.3. The number of rotatable bonds is 4. The Morgan fingerprint density at radius 2 is 2.04 bits per heavy atom. The zero-order chi connectivity index (χ0) is 18.4. The largest absolute Gasteiger partial charge is 0.444 e. The highest BCUT2D eigenvalue weighted by atomic mass is 16.6. The van der Waals surface area contributed by atoms with Crippen molar-refractivity contribution >= 4 is 23.7 Å². The number of ether oxygens (including phenoxy) is 1. The first-order valence-corrected chi connectivity index (χ1v) is 8.80. The molecule has 0 atom stereocenters. The highest BCUT2D eigenvalue weighted by Crippen LogP contribution is 2.26. The second kappa shape index (κ2) is 8.34. The molecule has 0 radical (unpaired) electrons. The Labute approximate surface area is 149 Å². The number of benzene rings is 1. The third-order valence-corrected chi connectivity index (χ3v) is 4.23. The summed E-state index contributed by atoms with van der Waals surface area (Å²) in [5.74, 6) is 0.415. The van der Waals surface area contributed by atoms with Gasteiger partial charge in [-0.15, -0.1) is 0 Å². The molecule has 6 heteroatoms. The highest BCUT2D eigenvalue weighted by Gasteiger charge is 2.19. The van der Waals surface area contributed by atoms with E-state index < -0.39 is 11.7 Å². The number of nitrogens with two attached hydrogens (primary N) is 1. The first-order valence-electron chi connectivity index (χ1n) is 8.80. The van der Waals surface area contributed by atoms with Crippen LogP contribution >= 0.6 is 0 Å². The van der Waals surface area contributed by atoms with Crippen LogP contribution in [-0.2, 0) is 4.74 Å². The zero-order valence-corrected chi connectivity index (χ0v) is 15.3. The molecule has 0 aliphatic heterocycles. The summed E-state index contributed by atoms with van der Waals surface area (Å²) in [5, 5.41) is 11.9. The minimum atomic E-state index is -0.546. The molecule has 0 unspecified atom stereocenters. The number of aliphatic hydroxyl groups excluding tert-OH is 1. The van der Waals surface area contributed by atoms with Crippen LogP contribution in [0.3, 0.4) is 0 Å². The average Bonchev–Trinajstić information content (AvgIpc) is 2.54. The maximum absolute atomic E-state index is 11.9. The Morgan fingerprint density at radius 1 is 1.36 bits per heavy atom. The van der Waals surface area contributed by atoms with Crippen molar-refractivity contribution in [3.63, 3.8) is 0 Å². The standard InChI is InChI=1S/C19H29N3O3/c1-19(2,3)25-18(24)22-16-8-9-17(20)14(10-16)11-21-15-6-4-13(12-23)5-7-15/h8-11,13,15,23H,4-7,12,20H2,1-3H3,(H,22,24). The summed E-state index contributed by atoms with van der Waals surface area (Å²) in [6.07, 6.45) is 5.26. The van der Waals surface area contributed by atoms with Gasteiger partial charge in [0.25, 0.3) is 0 Å². The van der Waals surface area contributed by atoms with E-state index in [0.29, 0.717) is 17.3 Å². The van der Waals surface area contributed by atoms with E-state index in [-0.39, 0.29) is 12.6 Å². The van der Waals surface area contributed by atoms with E-state index in [9.17, 15) is 9.90 Å². The van der Waals surface area contributed by atoms with Crippen LogP contribution in [-0.4, -0.2) is 35.7 Å². The van der Waals surface area contributed by atoms with Gasteiger partial charge in [0, 0.05) is 35.8 Å². The van der Waals surface area contributed by atoms with E-state index in [1.54, 1.807) is 24.4 Å². The number of carbonyl (C=O) groups excluding carboxylic acids is 1. The summed E-state index contributed by atoms with van der Waals surface area (Å²) < 4.78 is 5.25. The van der Waals surface area contributed by atoms with Gasteiger partial charge in [-0.3, -0.25) is 10.3 Å². The summed E-state index contributed by atoms with van der Waals surface area (Å²) in [6.45, 7) is 5.72. The second-order valence-corrected chi connectivity index (χ2v) is 7.61. The number of hydrogen-bond donors (Lipinski definition) is 3. The summed E-state index contributed by atoms with van der Waals surface area (Å²) in [4.78, 5) is 16.5. The number of aliphatic hydroxyl groups is 1. The Balaban J connectivity index is 1.99. The first kappa shape index (κ1) is 19.2. The lowest BCUT2D eigenvalue weighted by atomic mass is 9.87. The fraction of sp³-hybridized carbons (Fsp3) is 0.579. The van der Waals surface area contributed by atoms with Gasteiger partial charge in [-0.25, -0.2) is 4.79 Å². The molecule has 0 spiro atoms. The molecule has 1 aliphatic carbocycles. The number of nitrogens with one attached hydrogen (secondary N) is 1. The molecule has 1 aliphatic rings. The van der Waals surface area contributed by atoms with Crippen molar-refractivity contribution in [3.05, 3.63) is 23.8 Å². The topological polar surface area (TPSA) is 96.9 Å². The van der Waals surface area contributed by atoms with Gasteiger partial charge in [0.15, 0.2) is 0 Å². The number of hydrogen-bond acceptors (Lipinski definition) is 5. The molecule has 0 heterocycles. The number of nitrogens with zero attached hydrogens (tertiary/aromatic N) is 1. The van der Waals surface area contributed by atoms with Gasteiger partial charge in [0.1, 0.15) is 5.60 Å². The van der Waals surface area contributed by atoms with Gasteiger partial charge in [0.05, 0.1) is 0 Å². The fourth-order valence-electron chi connectivity index (χ4n) is 2.85. The summed E-state index contributed by atoms with van der Waals surface area (Å²) in [7, 11) is 0. The minimum absolute atomic E-state index is 0.266. The molecular weight excluding hydrogens is 318 g/mol. The SMILES string of the molecule is CC(C)(C)OC(=O)Nc1ccc(N)c(C=NC2CCC(CO)CC2)c1. The number of aliphatic imine (C=N–C) groups is 1. The van der Waals surface area contributed by atoms with Crippen molar-refractivity contribution in [2.75, 3.05) is 17.7 Å². The Morgan fingerprint density at radius 3 is 2.64 bits per heavy atom. The third kappa shape index (κ3) is 6.38. The molecule has 1 aromatic carbocycles. The molecule has 138 valence electrons. The average molecular weight is 347 g/mol. The Bertz CT molecular complexity index is 615. The van der Waals surface area contributed by atoms with E-state index in [1.165, 1.54) is 0 Å². The Kier molecular flexibility index (Phi) is 6.42. The Hall–Kier alpha value is -2.08. The monoisotopic (exact) mass is 347 g/mol. The van der Waals surface area contributed by atoms with Crippen molar-refractivity contribution in [1.82, 2.24) is 0 Å². The van der Waals surface area contributed by atoms with Crippen LogP contribution in [0.2, 0.25) is 0 Å². The molecule has 25 heavy (non-hydrogen) atoms. The number of anilines is 2. The van der Waals surface area contributed by atoms with Crippen LogP contribution in [0.15, 0.2) is 23.2 Å². The smallest absolute Gasteiger partial charge is 0.412 e. The van der Waals surface area contributed by atoms with Crippen molar-refractivity contribution in [3.8, 4) is 0 Å². The van der Waals surface area contributed by atoms with Crippen molar-refractivity contribution in [2.45, 2.75) is 58.1 Å². The van der Waals surface area contributed by atoms with Gasteiger partial charge in [-0.1, -0.05) is 0 Å². The summed E-state index contributed by atoms with van der Waals surface area (Å²) in [6, 6.07) is 5.55. The lowest BCUT2D eigenvalue weighted by Gasteiger charge is -2.24. The molecule has 1 saturated carbocycles. The molecule has 0 aromatic heterocycles. The van der Waals surface area contributed by atoms with Gasteiger partial charge in [-0.05, 0) is 70.6 Å². The van der Waals surface area contributed by atoms with Crippen LogP contribution in [0.25, 0.3) is 0 Å². The van der Waals surface area contributed by atoms with E-state index in [0.717, 1.165) is 31.2 Å². The van der Waals surface area contributed by atoms with E-state index in [4.69, 9.17) is 10.5 Å². The number of nitrogen functional groups attached to an aromatic ring is 1. The maximum atomic E-state index is 11.9. The first-order chi connectivity index (χ1) is 11.8. The van der Waals surface area contributed by atoms with E-state index in [2.05, 4.69) is 10.3 Å². The molecule has 6 nitrogen and oxygen atoms in total. The predicted octanol–water partition coefficient (Wildman–Crippen LogP) is 3.59. The van der Waals surface area contributed by atoms with Crippen LogP contribution in [0, 0.1) is 5.92 Å². The van der Waals surface area contributed by atoms with Crippen molar-refractivity contribution < 1.29 is 14.6 Å². The molecular formula is C19H29N3O3. The van der Waals surface area contributed by atoms with E-state index >= 15 is 0 Å². The van der Waals surface area contributed by atoms with Crippen molar-refractivity contribution in [1.29, 1.82) is 0 Å². The quantitative estimate of drug-likeness (QED) is 0.573. The van der Waals surface area contributed by atoms with Gasteiger partial charge in [0.2, 0.25) is 0 Å². The van der Waals surface area contributed by atoms with Crippen molar-refractivity contribution in [2.24, 2.45) is 10.9 Å². The molecule has 2 rings (SSSR count). The normalized spacial score (nSPS) is 21.3. The molecule has 0 bridgehead atoms. The number of carbonyl (C=O) groups is 1. The summed E-state index contributed by atoms with van der Waals surface area (Å²) in [5.41, 5.74) is 7.48. The van der Waals surface area contributed by atoms with Gasteiger partial charge >= 0.3 is 6.09 Å². The molecule has 4 N–H and O–H groups in total. The third-order valence-electron chi connectivity index (χ3n) is 4.23. The van der Waals surface area contributed by atoms with E-state index in [1.807, 2.05) is 20.8 Å². The van der Waals surface area contributed by atoms with Crippen LogP contribution in [0.1, 0.15) is 52.0 Å². The van der Waals surface area contributed by atoms with Crippen LogP contribution < -0.4 is 11.1 Å². The number of amides is 1. The summed E-state index contributed by atoms with van der Waals surface area (Å²) >= 11 is 0. The fourth-order valence-corrected chi connectivity index (χ4v) is 2.85. The lowest BCUT2D eigenvalue weighted by molar-refractivity contribution is 0.0636. The maximum Gasteiger partial charge on any atom is 0.412 e.